The lowest BCUT2D eigenvalue weighted by Gasteiger charge is -2.38. The summed E-state index contributed by atoms with van der Waals surface area (Å²) in [6, 6.07) is 12.7. The molecule has 2 N–H and O–H groups in total. The van der Waals surface area contributed by atoms with Crippen molar-refractivity contribution in [3.63, 3.8) is 0 Å². The van der Waals surface area contributed by atoms with Crippen LogP contribution in [0.1, 0.15) is 31.9 Å². The first-order valence-electron chi connectivity index (χ1n) is 8.06. The fourth-order valence-corrected chi connectivity index (χ4v) is 3.33. The van der Waals surface area contributed by atoms with Gasteiger partial charge in [-0.2, -0.15) is 0 Å². The van der Waals surface area contributed by atoms with Crippen LogP contribution in [0.5, 0.6) is 11.5 Å². The van der Waals surface area contributed by atoms with E-state index in [0.29, 0.717) is 12.1 Å². The summed E-state index contributed by atoms with van der Waals surface area (Å²) in [6.07, 6.45) is 0.687. The third-order valence-corrected chi connectivity index (χ3v) is 4.58. The number of carbonyl (C=O) groups is 1. The van der Waals surface area contributed by atoms with Gasteiger partial charge in [0.2, 0.25) is 0 Å². The molecule has 1 atom stereocenters. The monoisotopic (exact) mass is 404 g/mol. The molecule has 0 bridgehead atoms. The van der Waals surface area contributed by atoms with Gasteiger partial charge in [-0.3, -0.25) is 0 Å². The Labute approximate surface area is 155 Å². The van der Waals surface area contributed by atoms with Crippen molar-refractivity contribution in [3.8, 4) is 11.5 Å². The molecule has 0 aromatic heterocycles. The molecular weight excluding hydrogens is 384 g/mol. The van der Waals surface area contributed by atoms with Crippen molar-refractivity contribution >= 4 is 27.6 Å². The lowest BCUT2D eigenvalue weighted by Crippen LogP contribution is -2.42. The molecule has 2 aromatic carbocycles. The van der Waals surface area contributed by atoms with E-state index < -0.39 is 0 Å². The summed E-state index contributed by atoms with van der Waals surface area (Å²) < 4.78 is 12.1. The molecule has 3 rings (SSSR count). The number of urea groups is 1. The Kier molecular flexibility index (Phi) is 4.90. The van der Waals surface area contributed by atoms with Gasteiger partial charge in [0, 0.05) is 22.1 Å². The van der Waals surface area contributed by atoms with Crippen LogP contribution in [0, 0.1) is 0 Å². The van der Waals surface area contributed by atoms with E-state index in [4.69, 9.17) is 9.47 Å². The molecule has 0 radical (unpaired) electrons. The smallest absolute Gasteiger partial charge is 0.319 e. The van der Waals surface area contributed by atoms with Crippen LogP contribution in [0.15, 0.2) is 46.9 Å². The Morgan fingerprint density at radius 1 is 1.24 bits per heavy atom. The van der Waals surface area contributed by atoms with E-state index in [1.165, 1.54) is 0 Å². The quantitative estimate of drug-likeness (QED) is 0.765. The van der Waals surface area contributed by atoms with Crippen LogP contribution in [0.3, 0.4) is 0 Å². The zero-order valence-electron chi connectivity index (χ0n) is 14.4. The molecule has 1 aliphatic heterocycles. The third-order valence-electron chi connectivity index (χ3n) is 4.08. The van der Waals surface area contributed by atoms with Crippen molar-refractivity contribution in [2.75, 3.05) is 12.4 Å². The molecule has 25 heavy (non-hydrogen) atoms. The summed E-state index contributed by atoms with van der Waals surface area (Å²) in [5.41, 5.74) is 1.33. The van der Waals surface area contributed by atoms with Crippen molar-refractivity contribution < 1.29 is 14.3 Å². The second-order valence-electron chi connectivity index (χ2n) is 6.63. The second kappa shape index (κ2) is 6.96. The standard InChI is InChI=1S/C19H21BrN2O3/c1-19(2)11-16(15-10-12(20)4-9-17(15)25-19)22-18(23)21-13-5-7-14(24-3)8-6-13/h4-10,16H,11H2,1-3H3,(H2,21,22,23)/t16-/m1/s1. The topological polar surface area (TPSA) is 59.6 Å². The summed E-state index contributed by atoms with van der Waals surface area (Å²) in [6.45, 7) is 4.04. The number of amides is 2. The van der Waals surface area contributed by atoms with Crippen molar-refractivity contribution in [2.45, 2.75) is 31.9 Å². The van der Waals surface area contributed by atoms with Gasteiger partial charge < -0.3 is 20.1 Å². The molecule has 0 fully saturated rings. The highest BCUT2D eigenvalue weighted by atomic mass is 79.9. The Bertz CT molecular complexity index is 775. The van der Waals surface area contributed by atoms with Crippen molar-refractivity contribution in [3.05, 3.63) is 52.5 Å². The molecular formula is C19H21BrN2O3. The zero-order chi connectivity index (χ0) is 18.0. The van der Waals surface area contributed by atoms with Crippen LogP contribution in [0.2, 0.25) is 0 Å². The van der Waals surface area contributed by atoms with E-state index in [2.05, 4.69) is 26.6 Å². The Hall–Kier alpha value is -2.21. The number of hydrogen-bond acceptors (Lipinski definition) is 3. The van der Waals surface area contributed by atoms with Gasteiger partial charge in [0.05, 0.1) is 13.2 Å². The largest absolute Gasteiger partial charge is 0.497 e. The number of methoxy groups -OCH3 is 1. The first kappa shape index (κ1) is 17.6. The lowest BCUT2D eigenvalue weighted by atomic mass is 9.90. The number of halogens is 1. The number of fused-ring (bicyclic) bond motifs is 1. The van der Waals surface area contributed by atoms with Crippen LogP contribution in [0.25, 0.3) is 0 Å². The van der Waals surface area contributed by atoms with Gasteiger partial charge in [0.25, 0.3) is 0 Å². The van der Waals surface area contributed by atoms with Gasteiger partial charge in [-0.15, -0.1) is 0 Å². The average Bonchev–Trinajstić information content (AvgIpc) is 2.55. The average molecular weight is 405 g/mol. The van der Waals surface area contributed by atoms with E-state index in [0.717, 1.165) is 21.5 Å². The summed E-state index contributed by atoms with van der Waals surface area (Å²) in [5.74, 6) is 1.55. The van der Waals surface area contributed by atoms with Gasteiger partial charge in [-0.1, -0.05) is 15.9 Å². The van der Waals surface area contributed by atoms with Crippen LogP contribution < -0.4 is 20.1 Å². The first-order valence-corrected chi connectivity index (χ1v) is 8.86. The third kappa shape index (κ3) is 4.25. The first-order chi connectivity index (χ1) is 11.9. The van der Waals surface area contributed by atoms with Crippen LogP contribution in [-0.2, 0) is 0 Å². The van der Waals surface area contributed by atoms with Gasteiger partial charge in [-0.25, -0.2) is 4.79 Å². The Morgan fingerprint density at radius 2 is 1.96 bits per heavy atom. The van der Waals surface area contributed by atoms with E-state index in [1.54, 1.807) is 31.4 Å². The van der Waals surface area contributed by atoms with Gasteiger partial charge >= 0.3 is 6.03 Å². The summed E-state index contributed by atoms with van der Waals surface area (Å²) in [4.78, 5) is 12.4. The molecule has 0 spiro atoms. The van der Waals surface area contributed by atoms with Crippen molar-refractivity contribution in [2.24, 2.45) is 0 Å². The highest BCUT2D eigenvalue weighted by Crippen LogP contribution is 2.40. The molecule has 2 amide bonds. The predicted molar refractivity (Wildman–Crippen MR) is 101 cm³/mol. The fraction of sp³-hybridized carbons (Fsp3) is 0.316. The van der Waals surface area contributed by atoms with E-state index in [9.17, 15) is 4.79 Å². The highest BCUT2D eigenvalue weighted by Gasteiger charge is 2.34. The molecule has 0 saturated heterocycles. The SMILES string of the molecule is COc1ccc(NC(=O)N[C@@H]2CC(C)(C)Oc3ccc(Br)cc32)cc1. The summed E-state index contributed by atoms with van der Waals surface area (Å²) >= 11 is 3.48. The number of benzene rings is 2. The minimum absolute atomic E-state index is 0.130. The van der Waals surface area contributed by atoms with Gasteiger partial charge in [0.15, 0.2) is 0 Å². The number of hydrogen-bond donors (Lipinski definition) is 2. The van der Waals surface area contributed by atoms with Gasteiger partial charge in [0.1, 0.15) is 17.1 Å². The maximum absolute atomic E-state index is 12.4. The molecule has 1 aliphatic rings. The maximum atomic E-state index is 12.4. The zero-order valence-corrected chi connectivity index (χ0v) is 16.0. The van der Waals surface area contributed by atoms with Crippen LogP contribution in [0.4, 0.5) is 10.5 Å². The van der Waals surface area contributed by atoms with E-state index >= 15 is 0 Å². The number of anilines is 1. The molecule has 0 unspecified atom stereocenters. The van der Waals surface area contributed by atoms with E-state index in [1.807, 2.05) is 32.0 Å². The number of ether oxygens (including phenoxy) is 2. The lowest BCUT2D eigenvalue weighted by molar-refractivity contribution is 0.0682. The van der Waals surface area contributed by atoms with Crippen molar-refractivity contribution in [1.82, 2.24) is 5.32 Å². The minimum Gasteiger partial charge on any atom is -0.497 e. The van der Waals surface area contributed by atoms with E-state index in [-0.39, 0.29) is 17.7 Å². The molecule has 6 heteroatoms. The summed E-state index contributed by atoms with van der Waals surface area (Å²) in [5, 5.41) is 5.91. The Morgan fingerprint density at radius 3 is 2.64 bits per heavy atom. The molecule has 0 saturated carbocycles. The number of rotatable bonds is 3. The molecule has 0 aliphatic carbocycles. The fourth-order valence-electron chi connectivity index (χ4n) is 2.95. The van der Waals surface area contributed by atoms with Crippen LogP contribution in [-0.4, -0.2) is 18.7 Å². The number of carbonyl (C=O) groups excluding carboxylic acids is 1. The Balaban J connectivity index is 1.74. The van der Waals surface area contributed by atoms with Gasteiger partial charge in [-0.05, 0) is 56.3 Å². The highest BCUT2D eigenvalue weighted by molar-refractivity contribution is 9.10. The second-order valence-corrected chi connectivity index (χ2v) is 7.54. The molecule has 1 heterocycles. The number of nitrogens with one attached hydrogen (secondary N) is 2. The summed E-state index contributed by atoms with van der Waals surface area (Å²) in [7, 11) is 1.61. The normalized spacial score (nSPS) is 17.8. The minimum atomic E-state index is -0.348. The molecule has 5 nitrogen and oxygen atoms in total. The van der Waals surface area contributed by atoms with Crippen molar-refractivity contribution in [1.29, 1.82) is 0 Å². The molecule has 132 valence electrons. The predicted octanol–water partition coefficient (Wildman–Crippen LogP) is 4.88. The molecule has 2 aromatic rings. The van der Waals surface area contributed by atoms with Crippen LogP contribution >= 0.6 is 15.9 Å². The maximum Gasteiger partial charge on any atom is 0.319 e.